The SMILES string of the molecule is Cc1ccc(Sc2cccc(Cl)c2[N+](=O)[O-])cc1C(=O)O. The van der Waals surface area contributed by atoms with E-state index in [1.54, 1.807) is 31.2 Å². The van der Waals surface area contributed by atoms with Crippen LogP contribution in [-0.2, 0) is 0 Å². The quantitative estimate of drug-likeness (QED) is 0.666. The molecule has 0 aliphatic rings. The molecular formula is C14H10ClNO4S. The highest BCUT2D eigenvalue weighted by atomic mass is 35.5. The molecule has 0 heterocycles. The van der Waals surface area contributed by atoms with Gasteiger partial charge in [0.2, 0.25) is 0 Å². The number of aryl methyl sites for hydroxylation is 1. The molecular weight excluding hydrogens is 314 g/mol. The molecule has 0 bridgehead atoms. The molecule has 0 aliphatic heterocycles. The molecule has 0 aliphatic carbocycles. The summed E-state index contributed by atoms with van der Waals surface area (Å²) in [5.41, 5.74) is 0.624. The standard InChI is InChI=1S/C14H10ClNO4S/c1-8-5-6-9(7-10(8)14(17)18)21-12-4-2-3-11(15)13(12)16(19)20/h2-7H,1H3,(H,17,18). The Labute approximate surface area is 129 Å². The summed E-state index contributed by atoms with van der Waals surface area (Å²) in [6, 6.07) is 9.52. The maximum atomic E-state index is 11.1. The number of aromatic carboxylic acids is 1. The highest BCUT2D eigenvalue weighted by Crippen LogP contribution is 2.39. The number of halogens is 1. The van der Waals surface area contributed by atoms with Gasteiger partial charge in [0.15, 0.2) is 0 Å². The number of rotatable bonds is 4. The zero-order valence-electron chi connectivity index (χ0n) is 10.9. The van der Waals surface area contributed by atoms with Crippen molar-refractivity contribution in [1.29, 1.82) is 0 Å². The summed E-state index contributed by atoms with van der Waals surface area (Å²) in [6.07, 6.45) is 0. The van der Waals surface area contributed by atoms with Crippen LogP contribution in [0, 0.1) is 17.0 Å². The van der Waals surface area contributed by atoms with Crippen molar-refractivity contribution in [2.24, 2.45) is 0 Å². The first kappa shape index (κ1) is 15.3. The van der Waals surface area contributed by atoms with Crippen LogP contribution in [0.4, 0.5) is 5.69 Å². The van der Waals surface area contributed by atoms with Gasteiger partial charge < -0.3 is 5.11 Å². The molecule has 0 saturated carbocycles. The third kappa shape index (κ3) is 3.34. The molecule has 108 valence electrons. The molecule has 2 aromatic carbocycles. The third-order valence-electron chi connectivity index (χ3n) is 2.80. The second-order valence-corrected chi connectivity index (χ2v) is 5.75. The average molecular weight is 324 g/mol. The van der Waals surface area contributed by atoms with Gasteiger partial charge in [-0.25, -0.2) is 4.79 Å². The Morgan fingerprint density at radius 2 is 2.05 bits per heavy atom. The van der Waals surface area contributed by atoms with Gasteiger partial charge in [0.1, 0.15) is 5.02 Å². The van der Waals surface area contributed by atoms with Crippen LogP contribution in [0.3, 0.4) is 0 Å². The lowest BCUT2D eigenvalue weighted by Gasteiger charge is -2.06. The van der Waals surface area contributed by atoms with Crippen molar-refractivity contribution in [3.05, 3.63) is 62.7 Å². The number of hydrogen-bond donors (Lipinski definition) is 1. The zero-order chi connectivity index (χ0) is 15.6. The van der Waals surface area contributed by atoms with Gasteiger partial charge in [-0.2, -0.15) is 0 Å². The van der Waals surface area contributed by atoms with Gasteiger partial charge in [-0.3, -0.25) is 10.1 Å². The van der Waals surface area contributed by atoms with E-state index >= 15 is 0 Å². The van der Waals surface area contributed by atoms with Crippen molar-refractivity contribution in [2.75, 3.05) is 0 Å². The summed E-state index contributed by atoms with van der Waals surface area (Å²) in [5.74, 6) is -1.03. The Kier molecular flexibility index (Phi) is 4.50. The van der Waals surface area contributed by atoms with Crippen LogP contribution in [0.15, 0.2) is 46.2 Å². The number of para-hydroxylation sites is 1. The smallest absolute Gasteiger partial charge is 0.335 e. The summed E-state index contributed by atoms with van der Waals surface area (Å²) in [6.45, 7) is 1.69. The lowest BCUT2D eigenvalue weighted by Crippen LogP contribution is -1.99. The van der Waals surface area contributed by atoms with Crippen molar-refractivity contribution in [3.8, 4) is 0 Å². The Morgan fingerprint density at radius 3 is 2.67 bits per heavy atom. The van der Waals surface area contributed by atoms with Crippen LogP contribution in [0.5, 0.6) is 0 Å². The zero-order valence-corrected chi connectivity index (χ0v) is 12.4. The highest BCUT2D eigenvalue weighted by molar-refractivity contribution is 7.99. The van der Waals surface area contributed by atoms with Gasteiger partial charge in [0.05, 0.1) is 15.4 Å². The fourth-order valence-corrected chi connectivity index (χ4v) is 3.07. The molecule has 0 amide bonds. The number of carboxylic acid groups (broad SMARTS) is 1. The summed E-state index contributed by atoms with van der Waals surface area (Å²) in [4.78, 5) is 22.6. The molecule has 2 rings (SSSR count). The van der Waals surface area contributed by atoms with E-state index in [1.165, 1.54) is 12.1 Å². The number of carboxylic acids is 1. The molecule has 0 saturated heterocycles. The van der Waals surface area contributed by atoms with Gasteiger partial charge in [0.25, 0.3) is 0 Å². The topological polar surface area (TPSA) is 80.4 Å². The van der Waals surface area contributed by atoms with Crippen LogP contribution in [0.2, 0.25) is 5.02 Å². The maximum Gasteiger partial charge on any atom is 0.335 e. The Bertz CT molecular complexity index is 733. The molecule has 0 spiro atoms. The van der Waals surface area contributed by atoms with Gasteiger partial charge in [-0.1, -0.05) is 35.5 Å². The first-order valence-electron chi connectivity index (χ1n) is 5.85. The first-order valence-corrected chi connectivity index (χ1v) is 7.04. The van der Waals surface area contributed by atoms with Crippen LogP contribution < -0.4 is 0 Å². The van der Waals surface area contributed by atoms with E-state index < -0.39 is 10.9 Å². The minimum atomic E-state index is -1.03. The van der Waals surface area contributed by atoms with E-state index in [-0.39, 0.29) is 16.3 Å². The van der Waals surface area contributed by atoms with Crippen LogP contribution in [0.25, 0.3) is 0 Å². The Morgan fingerprint density at radius 1 is 1.33 bits per heavy atom. The molecule has 21 heavy (non-hydrogen) atoms. The highest BCUT2D eigenvalue weighted by Gasteiger charge is 2.19. The number of nitro benzene ring substituents is 1. The van der Waals surface area contributed by atoms with Gasteiger partial charge in [0, 0.05) is 4.90 Å². The second-order valence-electron chi connectivity index (χ2n) is 4.23. The summed E-state index contributed by atoms with van der Waals surface area (Å²) >= 11 is 6.96. The molecule has 0 radical (unpaired) electrons. The number of carbonyl (C=O) groups is 1. The fraction of sp³-hybridized carbons (Fsp3) is 0.0714. The van der Waals surface area contributed by atoms with E-state index in [1.807, 2.05) is 0 Å². The van der Waals surface area contributed by atoms with Crippen LogP contribution in [0.1, 0.15) is 15.9 Å². The monoisotopic (exact) mass is 323 g/mol. The summed E-state index contributed by atoms with van der Waals surface area (Å²) < 4.78 is 0. The molecule has 7 heteroatoms. The maximum absolute atomic E-state index is 11.1. The molecule has 0 atom stereocenters. The minimum absolute atomic E-state index is 0.0515. The average Bonchev–Trinajstić information content (AvgIpc) is 2.40. The summed E-state index contributed by atoms with van der Waals surface area (Å²) in [5, 5.41) is 20.2. The van der Waals surface area contributed by atoms with Crippen molar-refractivity contribution < 1.29 is 14.8 Å². The van der Waals surface area contributed by atoms with Crippen LogP contribution in [-0.4, -0.2) is 16.0 Å². The van der Waals surface area contributed by atoms with Crippen molar-refractivity contribution >= 4 is 35.0 Å². The first-order chi connectivity index (χ1) is 9.90. The number of nitrogens with zero attached hydrogens (tertiary/aromatic N) is 1. The van der Waals surface area contributed by atoms with E-state index in [4.69, 9.17) is 16.7 Å². The van der Waals surface area contributed by atoms with Crippen LogP contribution >= 0.6 is 23.4 Å². The molecule has 5 nitrogen and oxygen atoms in total. The number of hydrogen-bond acceptors (Lipinski definition) is 4. The van der Waals surface area contributed by atoms with Crippen molar-refractivity contribution in [2.45, 2.75) is 16.7 Å². The summed E-state index contributed by atoms with van der Waals surface area (Å²) in [7, 11) is 0. The van der Waals surface area contributed by atoms with Gasteiger partial charge >= 0.3 is 11.7 Å². The molecule has 1 N–H and O–H groups in total. The number of benzene rings is 2. The third-order valence-corrected chi connectivity index (χ3v) is 4.14. The number of nitro groups is 1. The Balaban J connectivity index is 2.44. The van der Waals surface area contributed by atoms with Crippen molar-refractivity contribution in [3.63, 3.8) is 0 Å². The van der Waals surface area contributed by atoms with Gasteiger partial charge in [-0.05, 0) is 36.8 Å². The molecule has 0 unspecified atom stereocenters. The van der Waals surface area contributed by atoms with E-state index in [9.17, 15) is 14.9 Å². The molecule has 0 aromatic heterocycles. The molecule has 0 fully saturated rings. The Hall–Kier alpha value is -2.05. The second kappa shape index (κ2) is 6.15. The van der Waals surface area contributed by atoms with E-state index in [0.29, 0.717) is 15.4 Å². The van der Waals surface area contributed by atoms with Gasteiger partial charge in [-0.15, -0.1) is 0 Å². The largest absolute Gasteiger partial charge is 0.478 e. The van der Waals surface area contributed by atoms with E-state index in [2.05, 4.69) is 0 Å². The predicted molar refractivity (Wildman–Crippen MR) is 80.4 cm³/mol. The minimum Gasteiger partial charge on any atom is -0.478 e. The fourth-order valence-electron chi connectivity index (χ4n) is 1.78. The normalized spacial score (nSPS) is 10.4. The lowest BCUT2D eigenvalue weighted by molar-refractivity contribution is -0.387. The van der Waals surface area contributed by atoms with E-state index in [0.717, 1.165) is 11.8 Å². The van der Waals surface area contributed by atoms with Crippen molar-refractivity contribution in [1.82, 2.24) is 0 Å². The molecule has 2 aromatic rings. The lowest BCUT2D eigenvalue weighted by atomic mass is 10.1. The predicted octanol–water partition coefficient (Wildman–Crippen LogP) is 4.41.